The summed E-state index contributed by atoms with van der Waals surface area (Å²) in [6, 6.07) is 13.6. The summed E-state index contributed by atoms with van der Waals surface area (Å²) in [5.41, 5.74) is 2.13. The van der Waals surface area contributed by atoms with Crippen molar-refractivity contribution in [2.24, 2.45) is 0 Å². The molecule has 0 saturated carbocycles. The highest BCUT2D eigenvalue weighted by molar-refractivity contribution is 6.42. The topological polar surface area (TPSA) is 4.93 Å². The summed E-state index contributed by atoms with van der Waals surface area (Å²) >= 11 is 18.2. The first-order valence-electron chi connectivity index (χ1n) is 5.82. The molecule has 2 aromatic carbocycles. The van der Waals surface area contributed by atoms with E-state index in [1.807, 2.05) is 42.6 Å². The molecule has 3 rings (SSSR count). The molecular formula is C15H10Cl3N. The molecule has 0 N–H and O–H groups in total. The number of hydrogen-bond acceptors (Lipinski definition) is 0. The average molecular weight is 311 g/mol. The van der Waals surface area contributed by atoms with E-state index in [0.717, 1.165) is 21.5 Å². The highest BCUT2D eigenvalue weighted by Crippen LogP contribution is 2.28. The van der Waals surface area contributed by atoms with Crippen LogP contribution in [0.1, 0.15) is 5.56 Å². The minimum atomic E-state index is 0.582. The fraction of sp³-hybridized carbons (Fsp3) is 0.0667. The number of nitrogens with zero attached hydrogens (tertiary/aromatic N) is 1. The maximum Gasteiger partial charge on any atom is 0.0642 e. The molecule has 3 aromatic rings. The van der Waals surface area contributed by atoms with Crippen molar-refractivity contribution in [3.05, 3.63) is 69.3 Å². The lowest BCUT2D eigenvalue weighted by Gasteiger charge is -2.08. The molecule has 0 atom stereocenters. The number of hydrogen-bond donors (Lipinski definition) is 0. The van der Waals surface area contributed by atoms with Crippen LogP contribution in [0.15, 0.2) is 48.7 Å². The Morgan fingerprint density at radius 3 is 2.63 bits per heavy atom. The lowest BCUT2D eigenvalue weighted by atomic mass is 10.2. The first-order valence-corrected chi connectivity index (χ1v) is 6.96. The Hall–Kier alpha value is -1.15. The third kappa shape index (κ3) is 2.46. The maximum absolute atomic E-state index is 6.22. The van der Waals surface area contributed by atoms with Crippen LogP contribution in [0.4, 0.5) is 0 Å². The van der Waals surface area contributed by atoms with E-state index in [4.69, 9.17) is 34.8 Å². The zero-order valence-corrected chi connectivity index (χ0v) is 12.2. The van der Waals surface area contributed by atoms with Crippen LogP contribution in [0.2, 0.25) is 15.1 Å². The Morgan fingerprint density at radius 2 is 1.79 bits per heavy atom. The van der Waals surface area contributed by atoms with Crippen LogP contribution in [0.3, 0.4) is 0 Å². The first kappa shape index (κ1) is 12.9. The van der Waals surface area contributed by atoms with Crippen molar-refractivity contribution in [2.45, 2.75) is 6.54 Å². The van der Waals surface area contributed by atoms with E-state index >= 15 is 0 Å². The molecule has 0 radical (unpaired) electrons. The molecule has 19 heavy (non-hydrogen) atoms. The number of aromatic nitrogens is 1. The van der Waals surface area contributed by atoms with Gasteiger partial charge in [-0.15, -0.1) is 0 Å². The van der Waals surface area contributed by atoms with Crippen molar-refractivity contribution < 1.29 is 0 Å². The third-order valence-corrected chi connectivity index (χ3v) is 4.20. The Kier molecular flexibility index (Phi) is 3.44. The van der Waals surface area contributed by atoms with E-state index in [2.05, 4.69) is 4.57 Å². The summed E-state index contributed by atoms with van der Waals surface area (Å²) in [5, 5.41) is 3.05. The molecule has 4 heteroatoms. The van der Waals surface area contributed by atoms with Gasteiger partial charge in [0.05, 0.1) is 10.0 Å². The molecule has 0 aliphatic heterocycles. The van der Waals surface area contributed by atoms with Crippen LogP contribution in [-0.2, 0) is 6.54 Å². The van der Waals surface area contributed by atoms with Gasteiger partial charge in [-0.2, -0.15) is 0 Å². The van der Waals surface area contributed by atoms with E-state index < -0.39 is 0 Å². The number of benzene rings is 2. The lowest BCUT2D eigenvalue weighted by molar-refractivity contribution is 0.837. The van der Waals surface area contributed by atoms with Gasteiger partial charge in [0.15, 0.2) is 0 Å². The third-order valence-electron chi connectivity index (χ3n) is 3.11. The Labute approximate surface area is 126 Å². The molecule has 0 aliphatic carbocycles. The smallest absolute Gasteiger partial charge is 0.0642 e. The molecular weight excluding hydrogens is 301 g/mol. The molecule has 0 fully saturated rings. The summed E-state index contributed by atoms with van der Waals surface area (Å²) in [4.78, 5) is 0. The second-order valence-corrected chi connectivity index (χ2v) is 5.58. The normalized spacial score (nSPS) is 11.1. The molecule has 1 nitrogen and oxygen atoms in total. The van der Waals surface area contributed by atoms with Crippen molar-refractivity contribution in [2.75, 3.05) is 0 Å². The largest absolute Gasteiger partial charge is 0.343 e. The van der Waals surface area contributed by atoms with Crippen molar-refractivity contribution in [1.29, 1.82) is 0 Å². The van der Waals surface area contributed by atoms with E-state index in [1.165, 1.54) is 0 Å². The minimum absolute atomic E-state index is 0.582. The lowest BCUT2D eigenvalue weighted by Crippen LogP contribution is -1.98. The van der Waals surface area contributed by atoms with Gasteiger partial charge in [0.2, 0.25) is 0 Å². The molecule has 0 unspecified atom stereocenters. The molecule has 0 spiro atoms. The zero-order valence-electron chi connectivity index (χ0n) is 9.91. The van der Waals surface area contributed by atoms with Gasteiger partial charge >= 0.3 is 0 Å². The quantitative estimate of drug-likeness (QED) is 0.576. The minimum Gasteiger partial charge on any atom is -0.343 e. The predicted octanol–water partition coefficient (Wildman–Crippen LogP) is 5.65. The molecule has 1 heterocycles. The number of rotatable bonds is 2. The zero-order chi connectivity index (χ0) is 13.4. The van der Waals surface area contributed by atoms with Gasteiger partial charge < -0.3 is 4.57 Å². The highest BCUT2D eigenvalue weighted by atomic mass is 35.5. The average Bonchev–Trinajstić information content (AvgIpc) is 2.77. The van der Waals surface area contributed by atoms with Gasteiger partial charge in [-0.1, -0.05) is 46.9 Å². The molecule has 0 amide bonds. The van der Waals surface area contributed by atoms with Gasteiger partial charge in [-0.3, -0.25) is 0 Å². The molecule has 0 bridgehead atoms. The maximum atomic E-state index is 6.22. The van der Waals surface area contributed by atoms with Crippen LogP contribution < -0.4 is 0 Å². The monoisotopic (exact) mass is 309 g/mol. The fourth-order valence-corrected chi connectivity index (χ4v) is 2.72. The van der Waals surface area contributed by atoms with Crippen LogP contribution >= 0.6 is 34.8 Å². The van der Waals surface area contributed by atoms with E-state index in [0.29, 0.717) is 16.6 Å². The number of fused-ring (bicyclic) bond motifs is 1. The van der Waals surface area contributed by atoms with Crippen LogP contribution in [0, 0.1) is 0 Å². The second-order valence-electron chi connectivity index (χ2n) is 4.36. The van der Waals surface area contributed by atoms with Crippen LogP contribution in [0.25, 0.3) is 10.9 Å². The Morgan fingerprint density at radius 1 is 0.947 bits per heavy atom. The van der Waals surface area contributed by atoms with E-state index in [9.17, 15) is 0 Å². The molecule has 0 saturated heterocycles. The summed E-state index contributed by atoms with van der Waals surface area (Å²) in [6.07, 6.45) is 2.03. The summed E-state index contributed by atoms with van der Waals surface area (Å²) in [6.45, 7) is 0.685. The number of halogens is 3. The van der Waals surface area contributed by atoms with Gasteiger partial charge in [-0.25, -0.2) is 0 Å². The first-order chi connectivity index (χ1) is 9.15. The van der Waals surface area contributed by atoms with Crippen LogP contribution in [-0.4, -0.2) is 4.57 Å². The highest BCUT2D eigenvalue weighted by Gasteiger charge is 2.07. The second kappa shape index (κ2) is 5.09. The predicted molar refractivity (Wildman–Crippen MR) is 82.5 cm³/mol. The van der Waals surface area contributed by atoms with Crippen LogP contribution in [0.5, 0.6) is 0 Å². The van der Waals surface area contributed by atoms with Crippen molar-refractivity contribution in [3.63, 3.8) is 0 Å². The summed E-state index contributed by atoms with van der Waals surface area (Å²) in [5.74, 6) is 0. The Bertz CT molecular complexity index is 746. The van der Waals surface area contributed by atoms with E-state index in [-0.39, 0.29) is 0 Å². The Balaban J connectivity index is 2.04. The summed E-state index contributed by atoms with van der Waals surface area (Å²) in [7, 11) is 0. The van der Waals surface area contributed by atoms with Gasteiger partial charge in [-0.05, 0) is 35.9 Å². The standard InChI is InChI=1S/C15H10Cl3N/c16-12-4-5-14-10(8-12)6-7-19(14)9-11-2-1-3-13(17)15(11)18/h1-8H,9H2. The molecule has 0 aliphatic rings. The van der Waals surface area contributed by atoms with Crippen molar-refractivity contribution in [1.82, 2.24) is 4.57 Å². The SMILES string of the molecule is Clc1ccc2c(ccn2Cc2cccc(Cl)c2Cl)c1. The van der Waals surface area contributed by atoms with Gasteiger partial charge in [0.1, 0.15) is 0 Å². The van der Waals surface area contributed by atoms with Crippen molar-refractivity contribution in [3.8, 4) is 0 Å². The molecule has 1 aromatic heterocycles. The van der Waals surface area contributed by atoms with Gasteiger partial charge in [0.25, 0.3) is 0 Å². The van der Waals surface area contributed by atoms with Gasteiger partial charge in [0, 0.05) is 28.7 Å². The fourth-order valence-electron chi connectivity index (χ4n) is 2.16. The van der Waals surface area contributed by atoms with E-state index in [1.54, 1.807) is 6.07 Å². The van der Waals surface area contributed by atoms with Crippen molar-refractivity contribution >= 4 is 45.7 Å². The molecule has 96 valence electrons. The summed E-state index contributed by atoms with van der Waals surface area (Å²) < 4.78 is 2.13.